The molecular formula is C11H16N2O4S. The zero-order valence-corrected chi connectivity index (χ0v) is 11.3. The first kappa shape index (κ1) is 14.5. The average Bonchev–Trinajstić information content (AvgIpc) is 2.22. The van der Waals surface area contributed by atoms with Gasteiger partial charge in [0.1, 0.15) is 0 Å². The van der Waals surface area contributed by atoms with Crippen molar-refractivity contribution in [3.05, 3.63) is 23.3 Å². The maximum Gasteiger partial charge on any atom is 0.411 e. The van der Waals surface area contributed by atoms with Crippen LogP contribution >= 0.6 is 0 Å². The molecule has 100 valence electrons. The van der Waals surface area contributed by atoms with Crippen molar-refractivity contribution in [2.24, 2.45) is 5.14 Å². The molecule has 0 aliphatic rings. The van der Waals surface area contributed by atoms with Crippen LogP contribution in [-0.2, 0) is 14.8 Å². The highest BCUT2D eigenvalue weighted by Gasteiger charge is 2.14. The van der Waals surface area contributed by atoms with Crippen LogP contribution in [0.5, 0.6) is 0 Å². The number of carbonyl (C=O) groups excluding carboxylic acids is 1. The number of hydrogen-bond acceptors (Lipinski definition) is 4. The zero-order chi connectivity index (χ0) is 13.9. The molecule has 18 heavy (non-hydrogen) atoms. The van der Waals surface area contributed by atoms with Gasteiger partial charge < -0.3 is 4.74 Å². The fraction of sp³-hybridized carbons (Fsp3) is 0.364. The Morgan fingerprint density at radius 3 is 2.22 bits per heavy atom. The van der Waals surface area contributed by atoms with Gasteiger partial charge in [-0.2, -0.15) is 0 Å². The molecule has 0 saturated carbocycles. The van der Waals surface area contributed by atoms with Crippen molar-refractivity contribution in [2.45, 2.75) is 25.7 Å². The Bertz CT molecular complexity index is 543. The summed E-state index contributed by atoms with van der Waals surface area (Å²) in [7, 11) is -3.75. The molecule has 0 fully saturated rings. The summed E-state index contributed by atoms with van der Waals surface area (Å²) >= 11 is 0. The van der Waals surface area contributed by atoms with Gasteiger partial charge in [-0.25, -0.2) is 18.4 Å². The molecule has 1 aromatic rings. The Hall–Kier alpha value is -1.60. The van der Waals surface area contributed by atoms with E-state index in [1.54, 1.807) is 20.8 Å². The van der Waals surface area contributed by atoms with Crippen LogP contribution in [0.2, 0.25) is 0 Å². The van der Waals surface area contributed by atoms with Crippen LogP contribution in [0.15, 0.2) is 17.0 Å². The molecule has 0 saturated heterocycles. The smallest absolute Gasteiger partial charge is 0.411 e. The number of benzene rings is 1. The Morgan fingerprint density at radius 2 is 1.83 bits per heavy atom. The standard InChI is InChI=1S/C11H16N2O4S/c1-4-17-11(14)13-10-7(2)5-9(6-8(10)3)18(12,15)16/h5-6H,4H2,1-3H3,(H,13,14)(H2,12,15,16). The quantitative estimate of drug-likeness (QED) is 0.871. The van der Waals surface area contributed by atoms with E-state index in [0.717, 1.165) is 0 Å². The van der Waals surface area contributed by atoms with Crippen LogP contribution < -0.4 is 10.5 Å². The van der Waals surface area contributed by atoms with Crippen LogP contribution in [-0.4, -0.2) is 21.1 Å². The van der Waals surface area contributed by atoms with Gasteiger partial charge in [0.25, 0.3) is 0 Å². The van der Waals surface area contributed by atoms with E-state index in [9.17, 15) is 13.2 Å². The molecule has 0 heterocycles. The highest BCUT2D eigenvalue weighted by atomic mass is 32.2. The number of nitrogens with two attached hydrogens (primary N) is 1. The lowest BCUT2D eigenvalue weighted by molar-refractivity contribution is 0.168. The first-order chi connectivity index (χ1) is 8.25. The summed E-state index contributed by atoms with van der Waals surface area (Å²) in [6, 6.07) is 2.81. The van der Waals surface area contributed by atoms with Crippen molar-refractivity contribution in [1.29, 1.82) is 0 Å². The summed E-state index contributed by atoms with van der Waals surface area (Å²) in [6.07, 6.45) is -0.577. The molecular weight excluding hydrogens is 256 g/mol. The summed E-state index contributed by atoms with van der Waals surface area (Å²) in [5, 5.41) is 7.62. The van der Waals surface area contributed by atoms with Crippen LogP contribution in [0, 0.1) is 13.8 Å². The lowest BCUT2D eigenvalue weighted by Crippen LogP contribution is -2.17. The fourth-order valence-corrected chi connectivity index (χ4v) is 2.24. The van der Waals surface area contributed by atoms with Crippen molar-refractivity contribution in [3.8, 4) is 0 Å². The minimum Gasteiger partial charge on any atom is -0.450 e. The second-order valence-electron chi connectivity index (χ2n) is 3.82. The minimum absolute atomic E-state index is 0.0203. The number of hydrogen-bond donors (Lipinski definition) is 2. The third kappa shape index (κ3) is 3.44. The van der Waals surface area contributed by atoms with Crippen molar-refractivity contribution < 1.29 is 17.9 Å². The van der Waals surface area contributed by atoms with E-state index in [4.69, 9.17) is 9.88 Å². The average molecular weight is 272 g/mol. The Balaban J connectivity index is 3.13. The van der Waals surface area contributed by atoms with Crippen LogP contribution in [0.3, 0.4) is 0 Å². The molecule has 0 aliphatic heterocycles. The molecule has 0 aromatic heterocycles. The topological polar surface area (TPSA) is 98.5 Å². The molecule has 0 atom stereocenters. The van der Waals surface area contributed by atoms with Crippen molar-refractivity contribution in [2.75, 3.05) is 11.9 Å². The van der Waals surface area contributed by atoms with Gasteiger partial charge in [-0.15, -0.1) is 0 Å². The minimum atomic E-state index is -3.75. The molecule has 0 unspecified atom stereocenters. The van der Waals surface area contributed by atoms with Crippen LogP contribution in [0.25, 0.3) is 0 Å². The van der Waals surface area contributed by atoms with Gasteiger partial charge in [-0.1, -0.05) is 0 Å². The van der Waals surface area contributed by atoms with E-state index in [1.165, 1.54) is 12.1 Å². The number of primary sulfonamides is 1. The highest BCUT2D eigenvalue weighted by molar-refractivity contribution is 7.89. The third-order valence-electron chi connectivity index (χ3n) is 2.34. The van der Waals surface area contributed by atoms with Crippen molar-refractivity contribution in [1.82, 2.24) is 0 Å². The first-order valence-electron chi connectivity index (χ1n) is 5.33. The van der Waals surface area contributed by atoms with Gasteiger partial charge in [-0.05, 0) is 44.0 Å². The van der Waals surface area contributed by atoms with Gasteiger partial charge in [-0.3, -0.25) is 5.32 Å². The summed E-state index contributed by atoms with van der Waals surface area (Å²) in [4.78, 5) is 11.3. The largest absolute Gasteiger partial charge is 0.450 e. The van der Waals surface area contributed by atoms with Gasteiger partial charge in [0.15, 0.2) is 0 Å². The third-order valence-corrected chi connectivity index (χ3v) is 3.23. The number of carbonyl (C=O) groups is 1. The number of nitrogens with one attached hydrogen (secondary N) is 1. The molecule has 0 spiro atoms. The van der Waals surface area contributed by atoms with Crippen molar-refractivity contribution >= 4 is 21.8 Å². The summed E-state index contributed by atoms with van der Waals surface area (Å²) in [5.41, 5.74) is 1.74. The van der Waals surface area contributed by atoms with E-state index in [2.05, 4.69) is 5.32 Å². The molecule has 1 amide bonds. The number of amides is 1. The van der Waals surface area contributed by atoms with Crippen LogP contribution in [0.1, 0.15) is 18.1 Å². The molecule has 3 N–H and O–H groups in total. The maximum atomic E-state index is 11.3. The Morgan fingerprint density at radius 1 is 1.33 bits per heavy atom. The van der Waals surface area contributed by atoms with E-state index >= 15 is 0 Å². The number of rotatable bonds is 3. The van der Waals surface area contributed by atoms with E-state index in [-0.39, 0.29) is 11.5 Å². The predicted octanol–water partition coefficient (Wildman–Crippen LogP) is 1.52. The number of aryl methyl sites for hydroxylation is 2. The molecule has 0 aliphatic carbocycles. The molecule has 1 aromatic carbocycles. The number of ether oxygens (including phenoxy) is 1. The maximum absolute atomic E-state index is 11.3. The second kappa shape index (κ2) is 5.36. The summed E-state index contributed by atoms with van der Waals surface area (Å²) < 4.78 is 27.2. The van der Waals surface area contributed by atoms with Gasteiger partial charge >= 0.3 is 6.09 Å². The van der Waals surface area contributed by atoms with E-state index < -0.39 is 16.1 Å². The molecule has 0 bridgehead atoms. The molecule has 0 radical (unpaired) electrons. The van der Waals surface area contributed by atoms with Gasteiger partial charge in [0.05, 0.1) is 11.5 Å². The van der Waals surface area contributed by atoms with Gasteiger partial charge in [0.2, 0.25) is 10.0 Å². The van der Waals surface area contributed by atoms with E-state index in [1.807, 2.05) is 0 Å². The monoisotopic (exact) mass is 272 g/mol. The molecule has 6 nitrogen and oxygen atoms in total. The van der Waals surface area contributed by atoms with E-state index in [0.29, 0.717) is 16.8 Å². The summed E-state index contributed by atoms with van der Waals surface area (Å²) in [5.74, 6) is 0. The second-order valence-corrected chi connectivity index (χ2v) is 5.38. The van der Waals surface area contributed by atoms with Gasteiger partial charge in [0, 0.05) is 5.69 Å². The normalized spacial score (nSPS) is 11.1. The highest BCUT2D eigenvalue weighted by Crippen LogP contribution is 2.24. The first-order valence-corrected chi connectivity index (χ1v) is 6.88. The fourth-order valence-electron chi connectivity index (χ4n) is 1.55. The SMILES string of the molecule is CCOC(=O)Nc1c(C)cc(S(N)(=O)=O)cc1C. The van der Waals surface area contributed by atoms with Crippen LogP contribution in [0.4, 0.5) is 10.5 Å². The molecule has 1 rings (SSSR count). The molecule has 7 heteroatoms. The Labute approximate surface area is 106 Å². The number of anilines is 1. The lowest BCUT2D eigenvalue weighted by atomic mass is 10.1. The Kier molecular flexibility index (Phi) is 4.31. The zero-order valence-electron chi connectivity index (χ0n) is 10.5. The number of sulfonamides is 1. The van der Waals surface area contributed by atoms with Crippen molar-refractivity contribution in [3.63, 3.8) is 0 Å². The predicted molar refractivity (Wildman–Crippen MR) is 67.9 cm³/mol. The lowest BCUT2D eigenvalue weighted by Gasteiger charge is -2.12. The summed E-state index contributed by atoms with van der Waals surface area (Å²) in [6.45, 7) is 5.33.